The number of nitrogen functional groups attached to an aromatic ring is 1. The predicted octanol–water partition coefficient (Wildman–Crippen LogP) is 9.06. The molecular formula is C24H21Cl5N6O2S2. The molecule has 0 aliphatic carbocycles. The topological polar surface area (TPSA) is 146 Å². The molecule has 0 atom stereocenters. The van der Waals surface area contributed by atoms with Crippen LogP contribution in [0.2, 0.25) is 20.4 Å². The minimum atomic E-state index is -0.630. The van der Waals surface area contributed by atoms with Crippen molar-refractivity contribution in [2.24, 2.45) is 0 Å². The Morgan fingerprint density at radius 3 is 1.67 bits per heavy atom. The number of carbonyl (C=O) groups is 2. The number of nitrogens with zero attached hydrogens (tertiary/aromatic N) is 4. The van der Waals surface area contributed by atoms with E-state index < -0.39 is 11.1 Å². The molecule has 0 bridgehead atoms. The summed E-state index contributed by atoms with van der Waals surface area (Å²) in [7, 11) is 0. The van der Waals surface area contributed by atoms with Gasteiger partial charge >= 0.3 is 0 Å². The Labute approximate surface area is 260 Å². The molecule has 2 heterocycles. The maximum Gasteiger partial charge on any atom is 0.269 e. The fraction of sp³-hybridized carbons (Fsp3) is 0.0833. The number of nitriles is 2. The summed E-state index contributed by atoms with van der Waals surface area (Å²) in [5.74, 6) is -0.438. The molecule has 2 aromatic heterocycles. The Morgan fingerprint density at radius 1 is 0.821 bits per heavy atom. The van der Waals surface area contributed by atoms with Gasteiger partial charge in [-0.25, -0.2) is 0 Å². The van der Waals surface area contributed by atoms with Crippen LogP contribution in [-0.2, 0) is 0 Å². The zero-order valence-corrected chi connectivity index (χ0v) is 23.4. The number of para-hydroxylation sites is 2. The van der Waals surface area contributed by atoms with E-state index in [4.69, 9.17) is 74.3 Å². The molecule has 15 heteroatoms. The van der Waals surface area contributed by atoms with Crippen molar-refractivity contribution in [2.45, 2.75) is 14.9 Å². The molecule has 8 nitrogen and oxygen atoms in total. The molecule has 0 unspecified atom stereocenters. The molecule has 2 aromatic carbocycles. The second kappa shape index (κ2) is 17.6. The minimum absolute atomic E-state index is 0. The number of nitrogens with one attached hydrogen (secondary N) is 1. The lowest BCUT2D eigenvalue weighted by Crippen LogP contribution is -2.11. The lowest BCUT2D eigenvalue weighted by Gasteiger charge is -2.04. The SMILES string of the molecule is C.C.N#Cc1ccccc1N.N#Cc1ccccc1NC(=O)c1snc(Cl)c1Cl.O=C(Cl)c1snc(Cl)c1Cl.[HH]. The number of hydrogen-bond donors (Lipinski definition) is 2. The monoisotopic (exact) mass is 664 g/mol. The van der Waals surface area contributed by atoms with Crippen molar-refractivity contribution in [3.63, 3.8) is 0 Å². The molecule has 0 radical (unpaired) electrons. The first-order valence-electron chi connectivity index (χ1n) is 9.46. The van der Waals surface area contributed by atoms with Gasteiger partial charge in [0.15, 0.2) is 10.3 Å². The van der Waals surface area contributed by atoms with Crippen LogP contribution in [0.15, 0.2) is 48.5 Å². The fourth-order valence-electron chi connectivity index (χ4n) is 2.25. The first kappa shape index (κ1) is 36.1. The third-order valence-corrected chi connectivity index (χ3v) is 7.85. The summed E-state index contributed by atoms with van der Waals surface area (Å²) >= 11 is 29.4. The van der Waals surface area contributed by atoms with Crippen LogP contribution in [-0.4, -0.2) is 19.9 Å². The van der Waals surface area contributed by atoms with Gasteiger partial charge in [-0.1, -0.05) is 85.5 Å². The van der Waals surface area contributed by atoms with Crippen LogP contribution in [0.3, 0.4) is 0 Å². The van der Waals surface area contributed by atoms with E-state index in [9.17, 15) is 9.59 Å². The van der Waals surface area contributed by atoms with Crippen LogP contribution in [0.25, 0.3) is 0 Å². The smallest absolute Gasteiger partial charge is 0.269 e. The van der Waals surface area contributed by atoms with Gasteiger partial charge in [-0.3, -0.25) is 9.59 Å². The molecule has 206 valence electrons. The highest BCUT2D eigenvalue weighted by molar-refractivity contribution is 7.11. The average Bonchev–Trinajstić information content (AvgIpc) is 3.41. The highest BCUT2D eigenvalue weighted by Crippen LogP contribution is 2.30. The molecule has 0 spiro atoms. The highest BCUT2D eigenvalue weighted by atomic mass is 35.5. The zero-order chi connectivity index (χ0) is 27.5. The molecule has 0 saturated heterocycles. The quantitative estimate of drug-likeness (QED) is 0.164. The molecule has 39 heavy (non-hydrogen) atoms. The maximum atomic E-state index is 11.9. The van der Waals surface area contributed by atoms with Crippen molar-refractivity contribution in [1.82, 2.24) is 8.75 Å². The predicted molar refractivity (Wildman–Crippen MR) is 165 cm³/mol. The Kier molecular flexibility index (Phi) is 16.3. The Hall–Kier alpha value is -2.93. The molecule has 0 saturated carbocycles. The number of nitrogens with two attached hydrogens (primary N) is 1. The van der Waals surface area contributed by atoms with Gasteiger partial charge in [0.25, 0.3) is 11.1 Å². The molecule has 0 aliphatic heterocycles. The molecular weight excluding hydrogens is 646 g/mol. The van der Waals surface area contributed by atoms with Crippen molar-refractivity contribution in [2.75, 3.05) is 11.1 Å². The second-order valence-corrected chi connectivity index (χ2v) is 9.68. The Balaban J connectivity index is 0. The number of rotatable bonds is 3. The normalized spacial score (nSPS) is 9.00. The average molecular weight is 667 g/mol. The summed E-state index contributed by atoms with van der Waals surface area (Å²) in [5.41, 5.74) is 7.28. The third-order valence-electron chi connectivity index (χ3n) is 3.96. The van der Waals surface area contributed by atoms with Gasteiger partial charge < -0.3 is 11.1 Å². The van der Waals surface area contributed by atoms with Crippen molar-refractivity contribution in [3.05, 3.63) is 89.8 Å². The number of carbonyl (C=O) groups excluding carboxylic acids is 2. The number of halogens is 5. The number of anilines is 2. The number of amides is 1. The molecule has 4 aromatic rings. The van der Waals surface area contributed by atoms with Crippen LogP contribution < -0.4 is 11.1 Å². The van der Waals surface area contributed by atoms with Crippen LogP contribution in [0.1, 0.15) is 46.8 Å². The maximum absolute atomic E-state index is 11.9. The number of aromatic nitrogens is 2. The van der Waals surface area contributed by atoms with Gasteiger partial charge in [-0.15, -0.1) is 0 Å². The second-order valence-electron chi connectivity index (χ2n) is 6.32. The zero-order valence-electron chi connectivity index (χ0n) is 18.0. The fourth-order valence-corrected chi connectivity index (χ4v) is 4.65. The van der Waals surface area contributed by atoms with Gasteiger partial charge in [0, 0.05) is 7.11 Å². The Bertz CT molecular complexity index is 1520. The van der Waals surface area contributed by atoms with E-state index in [0.717, 1.165) is 23.1 Å². The lowest BCUT2D eigenvalue weighted by atomic mass is 10.2. The summed E-state index contributed by atoms with van der Waals surface area (Å²) < 4.78 is 7.38. The molecule has 1 amide bonds. The van der Waals surface area contributed by atoms with E-state index in [2.05, 4.69) is 14.1 Å². The summed E-state index contributed by atoms with van der Waals surface area (Å²) in [6.07, 6.45) is 0. The third kappa shape index (κ3) is 10.3. The van der Waals surface area contributed by atoms with Crippen LogP contribution in [0.4, 0.5) is 11.4 Å². The summed E-state index contributed by atoms with van der Waals surface area (Å²) in [6, 6.07) is 17.6. The minimum Gasteiger partial charge on any atom is -0.398 e. The largest absolute Gasteiger partial charge is 0.398 e. The van der Waals surface area contributed by atoms with Crippen molar-refractivity contribution in [3.8, 4) is 12.1 Å². The summed E-state index contributed by atoms with van der Waals surface area (Å²) in [4.78, 5) is 22.8. The van der Waals surface area contributed by atoms with Crippen LogP contribution >= 0.6 is 81.1 Å². The molecule has 0 fully saturated rings. The van der Waals surface area contributed by atoms with Gasteiger partial charge in [-0.05, 0) is 58.9 Å². The van der Waals surface area contributed by atoms with E-state index >= 15 is 0 Å². The molecule has 3 N–H and O–H groups in total. The van der Waals surface area contributed by atoms with E-state index in [1.807, 2.05) is 12.1 Å². The summed E-state index contributed by atoms with van der Waals surface area (Å²) in [5, 5.41) is 19.7. The van der Waals surface area contributed by atoms with E-state index in [1.165, 1.54) is 0 Å². The van der Waals surface area contributed by atoms with Crippen LogP contribution in [0.5, 0.6) is 0 Å². The standard InChI is InChI=1S/C11H5Cl2N3OS.C7H6N2.C4Cl3NOS.2CH4.H2/c12-8-9(18-16-10(8)13)11(17)15-7-4-2-1-3-6(7)5-14;8-5-6-3-1-2-4-7(6)9;5-1-2(4(7)9)10-8-3(1)6;;;/h1-4H,(H,15,17);1-4H,9H2;;2*1H4;1H. The number of hydrogen-bond acceptors (Lipinski definition) is 9. The lowest BCUT2D eigenvalue weighted by molar-refractivity contribution is 0.102. The number of benzene rings is 2. The van der Waals surface area contributed by atoms with Crippen LogP contribution in [0, 0.1) is 22.7 Å². The van der Waals surface area contributed by atoms with Crippen molar-refractivity contribution >= 4 is 104 Å². The first-order valence-corrected chi connectivity index (χ1v) is 12.9. The van der Waals surface area contributed by atoms with Crippen molar-refractivity contribution in [1.29, 1.82) is 10.5 Å². The molecule has 0 aliphatic rings. The van der Waals surface area contributed by atoms with Gasteiger partial charge in [-0.2, -0.15) is 19.3 Å². The highest BCUT2D eigenvalue weighted by Gasteiger charge is 2.18. The molecule has 4 rings (SSSR count). The van der Waals surface area contributed by atoms with Crippen molar-refractivity contribution < 1.29 is 11.0 Å². The summed E-state index contributed by atoms with van der Waals surface area (Å²) in [6.45, 7) is 0. The van der Waals surface area contributed by atoms with Gasteiger partial charge in [0.05, 0.1) is 16.8 Å². The van der Waals surface area contributed by atoms with E-state index in [0.29, 0.717) is 22.5 Å². The van der Waals surface area contributed by atoms with E-state index in [-0.39, 0.29) is 46.4 Å². The first-order chi connectivity index (χ1) is 17.6. The Morgan fingerprint density at radius 2 is 1.28 bits per heavy atom. The van der Waals surface area contributed by atoms with Gasteiger partial charge in [0.1, 0.15) is 31.9 Å². The van der Waals surface area contributed by atoms with Gasteiger partial charge in [0.2, 0.25) is 0 Å². The van der Waals surface area contributed by atoms with E-state index in [1.54, 1.807) is 48.5 Å².